The SMILES string of the molecule is CCOC(C[C@H](NC(=O)c1ccc(NCc2cnc3nc(N)[nH]c(=O)c3n2)cc1)C(=O)O)C(=O)OC(=O)C(C[C@H](NC(=O)c1ccc(NCc2cnc3nc(N)[nH]c(=O)c3n2)cc1)C(=O)O)OCC. The number of fused-ring (bicyclic) bond motifs is 2. The molecule has 0 aliphatic rings. The van der Waals surface area contributed by atoms with Crippen molar-refractivity contribution in [1.29, 1.82) is 0 Å². The largest absolute Gasteiger partial charge is 0.480 e. The van der Waals surface area contributed by atoms with Crippen LogP contribution in [0.1, 0.15) is 58.8 Å². The molecule has 4 heterocycles. The van der Waals surface area contributed by atoms with Gasteiger partial charge in [0.15, 0.2) is 34.5 Å². The number of benzene rings is 2. The van der Waals surface area contributed by atoms with Gasteiger partial charge in [0.2, 0.25) is 11.9 Å². The number of carboxylic acids is 2. The molecule has 2 amide bonds. The van der Waals surface area contributed by atoms with Crippen molar-refractivity contribution in [2.45, 2.75) is 64.1 Å². The van der Waals surface area contributed by atoms with E-state index in [-0.39, 0.29) is 71.7 Å². The minimum absolute atomic E-state index is 0.00787. The van der Waals surface area contributed by atoms with Gasteiger partial charge in [0.25, 0.3) is 22.9 Å². The molecule has 360 valence electrons. The van der Waals surface area contributed by atoms with Crippen molar-refractivity contribution in [3.05, 3.63) is 104 Å². The van der Waals surface area contributed by atoms with Crippen molar-refractivity contribution < 1.29 is 53.2 Å². The van der Waals surface area contributed by atoms with Gasteiger partial charge in [-0.3, -0.25) is 29.1 Å². The highest BCUT2D eigenvalue weighted by molar-refractivity contribution is 5.98. The number of carbonyl (C=O) groups excluding carboxylic acids is 4. The molecule has 4 aromatic heterocycles. The van der Waals surface area contributed by atoms with Gasteiger partial charge in [-0.15, -0.1) is 0 Å². The molecule has 4 atom stereocenters. The number of hydrogen-bond acceptors (Lipinski definition) is 21. The molecule has 69 heavy (non-hydrogen) atoms. The predicted molar refractivity (Wildman–Crippen MR) is 241 cm³/mol. The standard InChI is InChI=1S/C42H44N14O13/c1-3-67-27(13-25(37(61)62)51-33(57)19-5-9-21(10-6-19)45-15-23-17-47-31-29(49-23)35(59)55-41(43)53-31)39(65)69-40(66)28(68-4-2)14-26(38(63)64)52-34(58)20-7-11-22(12-8-20)46-16-24-18-48-32-30(50-24)36(60)56-42(44)54-32/h5-12,17-18,25-28,45-46H,3-4,13-16H2,1-2H3,(H,51,57)(H,52,58)(H,61,62)(H,63,64)(H3,43,47,53,55,59)(H3,44,48,54,56,60)/t25-,26-,27?,28?/m0/s1. The number of anilines is 4. The number of nitrogens with two attached hydrogens (primary N) is 2. The zero-order valence-corrected chi connectivity index (χ0v) is 36.5. The molecule has 6 aromatic rings. The lowest BCUT2D eigenvalue weighted by molar-refractivity contribution is -0.176. The van der Waals surface area contributed by atoms with Crippen molar-refractivity contribution in [3.63, 3.8) is 0 Å². The van der Waals surface area contributed by atoms with Crippen LogP contribution in [0.5, 0.6) is 0 Å². The molecule has 12 N–H and O–H groups in total. The number of esters is 2. The number of carboxylic acid groups (broad SMARTS) is 2. The summed E-state index contributed by atoms with van der Waals surface area (Å²) in [6.45, 7) is 2.93. The number of rotatable bonds is 22. The first-order valence-electron chi connectivity index (χ1n) is 20.8. The third kappa shape index (κ3) is 13.1. The number of nitrogen functional groups attached to an aromatic ring is 2. The average Bonchev–Trinajstić information content (AvgIpc) is 3.31. The van der Waals surface area contributed by atoms with E-state index in [1.807, 2.05) is 0 Å². The van der Waals surface area contributed by atoms with Gasteiger partial charge in [-0.05, 0) is 62.4 Å². The second kappa shape index (κ2) is 22.5. The van der Waals surface area contributed by atoms with Crippen LogP contribution in [0.2, 0.25) is 0 Å². The molecule has 0 aliphatic carbocycles. The van der Waals surface area contributed by atoms with Crippen LogP contribution in [0.15, 0.2) is 70.5 Å². The molecular weight excluding hydrogens is 909 g/mol. The molecule has 2 unspecified atom stereocenters. The van der Waals surface area contributed by atoms with E-state index in [4.69, 9.17) is 25.7 Å². The first-order valence-corrected chi connectivity index (χ1v) is 20.8. The second-order valence-electron chi connectivity index (χ2n) is 14.7. The lowest BCUT2D eigenvalue weighted by Gasteiger charge is -2.23. The summed E-state index contributed by atoms with van der Waals surface area (Å²) in [6, 6.07) is 8.25. The molecule has 0 bridgehead atoms. The minimum Gasteiger partial charge on any atom is -0.480 e. The minimum atomic E-state index is -1.72. The van der Waals surface area contributed by atoms with Crippen LogP contribution in [0.25, 0.3) is 22.3 Å². The highest BCUT2D eigenvalue weighted by atomic mass is 16.6. The van der Waals surface area contributed by atoms with Gasteiger partial charge >= 0.3 is 23.9 Å². The van der Waals surface area contributed by atoms with E-state index in [1.165, 1.54) is 74.8 Å². The van der Waals surface area contributed by atoms with Gasteiger partial charge < -0.3 is 57.2 Å². The fourth-order valence-corrected chi connectivity index (χ4v) is 6.43. The Morgan fingerprint density at radius 1 is 0.609 bits per heavy atom. The van der Waals surface area contributed by atoms with Crippen LogP contribution < -0.4 is 43.9 Å². The fraction of sp³-hybridized carbons (Fsp3) is 0.286. The molecular formula is C42H44N14O13. The maximum atomic E-state index is 13.3. The maximum absolute atomic E-state index is 13.3. The Kier molecular flexibility index (Phi) is 16.1. The molecule has 0 aliphatic heterocycles. The van der Waals surface area contributed by atoms with E-state index in [1.54, 1.807) is 0 Å². The number of H-pyrrole nitrogens is 2. The highest BCUT2D eigenvalue weighted by Crippen LogP contribution is 2.17. The van der Waals surface area contributed by atoms with Crippen molar-refractivity contribution in [3.8, 4) is 0 Å². The van der Waals surface area contributed by atoms with Crippen LogP contribution in [0, 0.1) is 0 Å². The molecule has 0 saturated carbocycles. The van der Waals surface area contributed by atoms with Gasteiger partial charge in [0.1, 0.15) is 12.1 Å². The number of carbonyl (C=O) groups is 6. The molecule has 0 saturated heterocycles. The van der Waals surface area contributed by atoms with E-state index < -0.39 is 83.9 Å². The Morgan fingerprint density at radius 3 is 1.33 bits per heavy atom. The number of aromatic nitrogens is 8. The van der Waals surface area contributed by atoms with Gasteiger partial charge in [-0.25, -0.2) is 39.1 Å². The van der Waals surface area contributed by atoms with Crippen LogP contribution >= 0.6 is 0 Å². The van der Waals surface area contributed by atoms with E-state index >= 15 is 0 Å². The quantitative estimate of drug-likeness (QED) is 0.0312. The predicted octanol–water partition coefficient (Wildman–Crippen LogP) is -0.145. The van der Waals surface area contributed by atoms with Crippen LogP contribution in [-0.4, -0.2) is 123 Å². The number of ether oxygens (including phenoxy) is 3. The van der Waals surface area contributed by atoms with Crippen molar-refractivity contribution in [1.82, 2.24) is 50.5 Å². The van der Waals surface area contributed by atoms with Crippen LogP contribution in [0.4, 0.5) is 23.3 Å². The number of nitrogens with one attached hydrogen (secondary N) is 6. The van der Waals surface area contributed by atoms with Gasteiger partial charge in [-0.2, -0.15) is 9.97 Å². The summed E-state index contributed by atoms with van der Waals surface area (Å²) in [7, 11) is 0. The second-order valence-corrected chi connectivity index (χ2v) is 14.7. The first kappa shape index (κ1) is 49.5. The van der Waals surface area contributed by atoms with E-state index in [9.17, 15) is 48.6 Å². The normalized spacial score (nSPS) is 12.8. The molecule has 27 nitrogen and oxygen atoms in total. The third-order valence-electron chi connectivity index (χ3n) is 9.78. The Morgan fingerprint density at radius 2 is 0.986 bits per heavy atom. The lowest BCUT2D eigenvalue weighted by atomic mass is 10.1. The monoisotopic (exact) mass is 952 g/mol. The van der Waals surface area contributed by atoms with Gasteiger partial charge in [0, 0.05) is 48.6 Å². The van der Waals surface area contributed by atoms with Crippen molar-refractivity contribution in [2.24, 2.45) is 0 Å². The van der Waals surface area contributed by atoms with Crippen molar-refractivity contribution >= 4 is 81.3 Å². The molecule has 0 spiro atoms. The average molecular weight is 953 g/mol. The summed E-state index contributed by atoms with van der Waals surface area (Å²) in [6.07, 6.45) is -1.97. The van der Waals surface area contributed by atoms with Crippen LogP contribution in [0.3, 0.4) is 0 Å². The van der Waals surface area contributed by atoms with E-state index in [0.717, 1.165) is 0 Å². The molecule has 0 radical (unpaired) electrons. The first-order chi connectivity index (χ1) is 33.0. The Hall–Kier alpha value is -8.98. The molecule has 2 aromatic carbocycles. The summed E-state index contributed by atoms with van der Waals surface area (Å²) < 4.78 is 15.8. The summed E-state index contributed by atoms with van der Waals surface area (Å²) in [5.74, 6) is -7.66. The van der Waals surface area contributed by atoms with Crippen LogP contribution in [-0.2, 0) is 46.5 Å². The Labute approximate surface area is 387 Å². The summed E-state index contributed by atoms with van der Waals surface area (Å²) in [5.41, 5.74) is 12.0. The van der Waals surface area contributed by atoms with E-state index in [0.29, 0.717) is 22.8 Å². The number of aliphatic carboxylic acids is 2. The molecule has 0 fully saturated rings. The fourth-order valence-electron chi connectivity index (χ4n) is 6.43. The molecule has 6 rings (SSSR count). The summed E-state index contributed by atoms with van der Waals surface area (Å²) in [4.78, 5) is 131. The lowest BCUT2D eigenvalue weighted by Crippen LogP contribution is -2.47. The third-order valence-corrected chi connectivity index (χ3v) is 9.78. The number of hydrogen-bond donors (Lipinski definition) is 10. The molecule has 27 heteroatoms. The number of aromatic amines is 2. The topological polar surface area (TPSA) is 414 Å². The number of amides is 2. The zero-order valence-electron chi connectivity index (χ0n) is 36.5. The Balaban J connectivity index is 1.01. The summed E-state index contributed by atoms with van der Waals surface area (Å²) in [5, 5.41) is 30.7. The van der Waals surface area contributed by atoms with Gasteiger partial charge in [-0.1, -0.05) is 0 Å². The van der Waals surface area contributed by atoms with Gasteiger partial charge in [0.05, 0.1) is 36.9 Å². The zero-order chi connectivity index (χ0) is 49.8. The number of nitrogens with zero attached hydrogens (tertiary/aromatic N) is 6. The maximum Gasteiger partial charge on any atom is 0.343 e. The van der Waals surface area contributed by atoms with E-state index in [2.05, 4.69) is 61.1 Å². The van der Waals surface area contributed by atoms with Crippen molar-refractivity contribution in [2.75, 3.05) is 35.3 Å². The highest BCUT2D eigenvalue weighted by Gasteiger charge is 2.36. The summed E-state index contributed by atoms with van der Waals surface area (Å²) >= 11 is 0. The Bertz CT molecular complexity index is 2800. The smallest absolute Gasteiger partial charge is 0.343 e.